The predicted molar refractivity (Wildman–Crippen MR) is 159 cm³/mol. The number of halogens is 1. The van der Waals surface area contributed by atoms with Crippen LogP contribution in [0.4, 0.5) is 9.18 Å². The number of rotatable bonds is 3. The van der Waals surface area contributed by atoms with Crippen LogP contribution in [0.5, 0.6) is 0 Å². The Balaban J connectivity index is 1.36. The van der Waals surface area contributed by atoms with E-state index in [0.717, 1.165) is 44.3 Å². The highest BCUT2D eigenvalue weighted by Gasteiger charge is 2.56. The second-order valence-electron chi connectivity index (χ2n) is 13.7. The molecule has 0 spiro atoms. The molecule has 10 atom stereocenters. The topological polar surface area (TPSA) is 107 Å². The third kappa shape index (κ3) is 5.28. The number of alkyl halides is 1. The third-order valence-corrected chi connectivity index (χ3v) is 10.6. The Morgan fingerprint density at radius 1 is 1.12 bits per heavy atom. The number of hydrazine groups is 2. The Bertz CT molecular complexity index is 1060. The Labute approximate surface area is 249 Å². The van der Waals surface area contributed by atoms with Gasteiger partial charge in [0.05, 0.1) is 18.4 Å². The van der Waals surface area contributed by atoms with E-state index in [1.807, 2.05) is 30.0 Å². The van der Waals surface area contributed by atoms with Crippen LogP contribution >= 0.6 is 0 Å². The van der Waals surface area contributed by atoms with Gasteiger partial charge in [0, 0.05) is 49.0 Å². The number of piperazine rings is 1. The number of urea groups is 1. The van der Waals surface area contributed by atoms with Crippen LogP contribution in [0.25, 0.3) is 0 Å². The summed E-state index contributed by atoms with van der Waals surface area (Å²) in [5.41, 5.74) is 7.47. The van der Waals surface area contributed by atoms with Crippen molar-refractivity contribution in [3.8, 4) is 0 Å². The van der Waals surface area contributed by atoms with Gasteiger partial charge in [-0.3, -0.25) is 20.0 Å². The van der Waals surface area contributed by atoms with Crippen molar-refractivity contribution in [2.75, 3.05) is 19.6 Å². The molecule has 0 aromatic carbocycles. The van der Waals surface area contributed by atoms with Gasteiger partial charge in [-0.25, -0.2) is 9.18 Å². The molecule has 0 saturated carbocycles. The molecule has 10 unspecified atom stereocenters. The first-order valence-electron chi connectivity index (χ1n) is 16.1. The zero-order chi connectivity index (χ0) is 29.7. The van der Waals surface area contributed by atoms with E-state index < -0.39 is 12.3 Å². The van der Waals surface area contributed by atoms with Gasteiger partial charge in [-0.2, -0.15) is 0 Å². The van der Waals surface area contributed by atoms with Gasteiger partial charge < -0.3 is 25.9 Å². The van der Waals surface area contributed by atoms with Crippen molar-refractivity contribution in [3.63, 3.8) is 0 Å². The lowest BCUT2D eigenvalue weighted by atomic mass is 9.76. The fourth-order valence-corrected chi connectivity index (χ4v) is 8.74. The lowest BCUT2D eigenvalue weighted by molar-refractivity contribution is -0.138. The van der Waals surface area contributed by atoms with Gasteiger partial charge >= 0.3 is 6.03 Å². The lowest BCUT2D eigenvalue weighted by Gasteiger charge is -2.59. The van der Waals surface area contributed by atoms with Gasteiger partial charge in [0.15, 0.2) is 0 Å². The maximum Gasteiger partial charge on any atom is 0.320 e. The molecule has 3 amide bonds. The molecule has 0 aromatic heterocycles. The molecule has 6 aliphatic rings. The van der Waals surface area contributed by atoms with Crippen molar-refractivity contribution < 1.29 is 14.0 Å². The number of hydrogen-bond donors (Lipinski definition) is 5. The molecule has 0 aliphatic carbocycles. The van der Waals surface area contributed by atoms with Crippen molar-refractivity contribution in [3.05, 3.63) is 24.6 Å². The third-order valence-electron chi connectivity index (χ3n) is 10.6. The fourth-order valence-electron chi connectivity index (χ4n) is 8.74. The quantitative estimate of drug-likeness (QED) is 0.319. The van der Waals surface area contributed by atoms with Gasteiger partial charge in [-0.1, -0.05) is 26.8 Å². The number of allylic oxidation sites excluding steroid dienone is 1. The number of fused-ring (bicyclic) bond motifs is 5. The molecular formula is C30H50FN9O2. The molecule has 234 valence electrons. The summed E-state index contributed by atoms with van der Waals surface area (Å²) < 4.78 is 16.2. The van der Waals surface area contributed by atoms with Crippen LogP contribution in [0.2, 0.25) is 0 Å². The van der Waals surface area contributed by atoms with Crippen LogP contribution in [0.1, 0.15) is 66.2 Å². The number of amides is 3. The minimum absolute atomic E-state index is 0.00655. The van der Waals surface area contributed by atoms with E-state index in [0.29, 0.717) is 31.3 Å². The van der Waals surface area contributed by atoms with Crippen LogP contribution in [0.3, 0.4) is 0 Å². The average Bonchev–Trinajstić information content (AvgIpc) is 3.42. The lowest BCUT2D eigenvalue weighted by Crippen LogP contribution is -2.80. The molecule has 4 saturated heterocycles. The van der Waals surface area contributed by atoms with E-state index in [4.69, 9.17) is 0 Å². The number of carbonyl (C=O) groups is 2. The molecule has 6 rings (SSSR count). The largest absolute Gasteiger partial charge is 0.331 e. The Morgan fingerprint density at radius 3 is 2.60 bits per heavy atom. The minimum atomic E-state index is -1.15. The van der Waals surface area contributed by atoms with Crippen molar-refractivity contribution in [2.24, 2.45) is 17.8 Å². The van der Waals surface area contributed by atoms with Crippen LogP contribution in [-0.4, -0.2) is 100 Å². The van der Waals surface area contributed by atoms with Crippen molar-refractivity contribution >= 4 is 11.9 Å². The molecule has 0 aromatic rings. The number of hydrogen-bond acceptors (Lipinski definition) is 8. The number of nitrogens with one attached hydrogen (secondary N) is 5. The van der Waals surface area contributed by atoms with Crippen LogP contribution < -0.4 is 26.9 Å². The summed E-state index contributed by atoms with van der Waals surface area (Å²) in [5.74, 6) is 0.466. The molecule has 5 N–H and O–H groups in total. The molecule has 4 fully saturated rings. The molecule has 12 heteroatoms. The first-order valence-corrected chi connectivity index (χ1v) is 16.1. The molecule has 0 radical (unpaired) electrons. The highest BCUT2D eigenvalue weighted by atomic mass is 19.1. The summed E-state index contributed by atoms with van der Waals surface area (Å²) in [6.07, 6.45) is 6.36. The number of piperidine rings is 2. The van der Waals surface area contributed by atoms with Gasteiger partial charge in [0.1, 0.15) is 12.3 Å². The van der Waals surface area contributed by atoms with E-state index >= 15 is 4.39 Å². The van der Waals surface area contributed by atoms with Crippen molar-refractivity contribution in [2.45, 2.75) is 115 Å². The first kappa shape index (κ1) is 29.7. The molecule has 6 heterocycles. The normalized spacial score (nSPS) is 41.0. The van der Waals surface area contributed by atoms with Gasteiger partial charge in [0.2, 0.25) is 5.91 Å². The van der Waals surface area contributed by atoms with Gasteiger partial charge in [-0.05, 0) is 70.4 Å². The monoisotopic (exact) mass is 587 g/mol. The van der Waals surface area contributed by atoms with Gasteiger partial charge in [0.25, 0.3) is 0 Å². The summed E-state index contributed by atoms with van der Waals surface area (Å²) in [6.45, 7) is 14.4. The summed E-state index contributed by atoms with van der Waals surface area (Å²) >= 11 is 0. The zero-order valence-electron chi connectivity index (χ0n) is 25.6. The fraction of sp³-hybridized carbons (Fsp3) is 0.800. The highest BCUT2D eigenvalue weighted by molar-refractivity contribution is 5.87. The van der Waals surface area contributed by atoms with Crippen LogP contribution in [-0.2, 0) is 4.79 Å². The van der Waals surface area contributed by atoms with E-state index in [1.165, 1.54) is 6.08 Å². The SMILES string of the molecule is C=CC(=O)N1C(C)CN(C2NC(=O)N3C4NC(C(F)CC24)N2C=C(CCCCC4CCNC(C(C)C)C43)NN2)CC1C. The van der Waals surface area contributed by atoms with E-state index in [9.17, 15) is 9.59 Å². The first-order chi connectivity index (χ1) is 20.2. The second-order valence-corrected chi connectivity index (χ2v) is 13.7. The smallest absolute Gasteiger partial charge is 0.320 e. The van der Waals surface area contributed by atoms with E-state index in [-0.39, 0.29) is 54.4 Å². The summed E-state index contributed by atoms with van der Waals surface area (Å²) in [4.78, 5) is 33.2. The zero-order valence-corrected chi connectivity index (χ0v) is 25.6. The van der Waals surface area contributed by atoms with Crippen LogP contribution in [0, 0.1) is 17.8 Å². The van der Waals surface area contributed by atoms with Gasteiger partial charge in [-0.15, -0.1) is 5.53 Å². The Hall–Kier alpha value is -2.41. The summed E-state index contributed by atoms with van der Waals surface area (Å²) in [7, 11) is 0. The van der Waals surface area contributed by atoms with Crippen molar-refractivity contribution in [1.29, 1.82) is 0 Å². The predicted octanol–water partition coefficient (Wildman–Crippen LogP) is 1.79. The summed E-state index contributed by atoms with van der Waals surface area (Å²) in [5, 5.41) is 12.6. The van der Waals surface area contributed by atoms with E-state index in [1.54, 1.807) is 0 Å². The van der Waals surface area contributed by atoms with Crippen LogP contribution in [0.15, 0.2) is 24.6 Å². The average molecular weight is 588 g/mol. The number of carbonyl (C=O) groups excluding carboxylic acids is 2. The molecule has 6 aliphatic heterocycles. The minimum Gasteiger partial charge on any atom is -0.331 e. The summed E-state index contributed by atoms with van der Waals surface area (Å²) in [6, 6.07) is -0.0308. The second kappa shape index (κ2) is 11.9. The molecule has 11 nitrogen and oxygen atoms in total. The molecule has 4 bridgehead atoms. The standard InChI is InChI=1S/C30H50FN9O2/c1-6-24(41)39-18(4)14-37(15-19(39)5)27-22-13-23(31)29-33-28(22)40(30(42)34-27)26-20(11-12-32-25(26)17(2)3)9-7-8-10-21-16-38(29)36-35-21/h6,16-20,22-23,25-29,32-33,35-36H,1,7-15H2,2-5H3,(H,34,42). The Morgan fingerprint density at radius 2 is 1.88 bits per heavy atom. The molecule has 42 heavy (non-hydrogen) atoms. The molecular weight excluding hydrogens is 537 g/mol. The Kier molecular flexibility index (Phi) is 8.43. The van der Waals surface area contributed by atoms with Crippen molar-refractivity contribution in [1.82, 2.24) is 46.6 Å². The maximum atomic E-state index is 16.2. The highest BCUT2D eigenvalue weighted by Crippen LogP contribution is 2.40. The van der Waals surface area contributed by atoms with E-state index in [2.05, 4.69) is 57.1 Å². The maximum absolute atomic E-state index is 16.2. The number of nitrogens with zero attached hydrogens (tertiary/aromatic N) is 4.